The summed E-state index contributed by atoms with van der Waals surface area (Å²) in [6, 6.07) is 18.2. The average molecular weight is 415 g/mol. The van der Waals surface area contributed by atoms with Crippen molar-refractivity contribution in [3.05, 3.63) is 59.7 Å². The molecule has 0 saturated heterocycles. The van der Waals surface area contributed by atoms with Crippen LogP contribution in [0.2, 0.25) is 0 Å². The molecule has 0 N–H and O–H groups in total. The molecule has 0 aliphatic heterocycles. The van der Waals surface area contributed by atoms with Gasteiger partial charge in [0.15, 0.2) is 0 Å². The number of aryl methyl sites for hydroxylation is 2. The van der Waals surface area contributed by atoms with E-state index < -0.39 is 0 Å². The molecule has 0 aliphatic carbocycles. The zero-order chi connectivity index (χ0) is 20.3. The third-order valence-electron chi connectivity index (χ3n) is 6.37. The molecule has 0 fully saturated rings. The van der Waals surface area contributed by atoms with Crippen molar-refractivity contribution < 1.29 is 0 Å². The van der Waals surface area contributed by atoms with Gasteiger partial charge in [-0.2, -0.15) is 0 Å². The van der Waals surface area contributed by atoms with Crippen LogP contribution in [-0.4, -0.2) is 10.8 Å². The van der Waals surface area contributed by atoms with E-state index in [0.717, 1.165) is 25.7 Å². The van der Waals surface area contributed by atoms with Crippen molar-refractivity contribution in [2.45, 2.75) is 64.1 Å². The highest BCUT2D eigenvalue weighted by Gasteiger charge is 2.13. The first-order chi connectivity index (χ1) is 13.4. The summed E-state index contributed by atoms with van der Waals surface area (Å²) in [5.74, 6) is 1.05. The summed E-state index contributed by atoms with van der Waals surface area (Å²) < 4.78 is 0. The van der Waals surface area contributed by atoms with E-state index in [-0.39, 0.29) is 10.8 Å². The van der Waals surface area contributed by atoms with Gasteiger partial charge in [-0.25, -0.2) is 0 Å². The molecule has 3 aromatic rings. The van der Waals surface area contributed by atoms with Gasteiger partial charge in [0, 0.05) is 10.8 Å². The Balaban J connectivity index is 1.93. The molecule has 0 saturated carbocycles. The van der Waals surface area contributed by atoms with E-state index in [1.165, 1.54) is 32.7 Å². The molecular weight excluding hydrogens is 383 g/mol. The molecule has 0 heterocycles. The minimum absolute atomic E-state index is 0.219. The fourth-order valence-corrected chi connectivity index (χ4v) is 4.09. The summed E-state index contributed by atoms with van der Waals surface area (Å²) >= 11 is 12.5. The molecule has 0 spiro atoms. The van der Waals surface area contributed by atoms with Gasteiger partial charge in [0.2, 0.25) is 0 Å². The number of benzene rings is 3. The highest BCUT2D eigenvalue weighted by molar-refractivity contribution is 6.20. The molecule has 3 rings (SSSR count). The molecule has 4 unspecified atom stereocenters. The predicted molar refractivity (Wildman–Crippen MR) is 127 cm³/mol. The third-order valence-corrected chi connectivity index (χ3v) is 7.23. The van der Waals surface area contributed by atoms with Crippen LogP contribution in [0.25, 0.3) is 21.5 Å². The Labute approximate surface area is 180 Å². The van der Waals surface area contributed by atoms with Gasteiger partial charge in [0.25, 0.3) is 0 Å². The summed E-state index contributed by atoms with van der Waals surface area (Å²) in [6.45, 7) is 8.67. The highest BCUT2D eigenvalue weighted by atomic mass is 35.5. The summed E-state index contributed by atoms with van der Waals surface area (Å²) in [5, 5.41) is 5.87. The van der Waals surface area contributed by atoms with Crippen molar-refractivity contribution in [1.82, 2.24) is 0 Å². The smallest absolute Gasteiger partial charge is 0.0333 e. The largest absolute Gasteiger partial charge is 0.123 e. The first-order valence-corrected chi connectivity index (χ1v) is 11.5. The van der Waals surface area contributed by atoms with Crippen LogP contribution in [0.1, 0.15) is 51.7 Å². The number of rotatable bonds is 8. The lowest BCUT2D eigenvalue weighted by atomic mass is 9.91. The maximum atomic E-state index is 6.27. The van der Waals surface area contributed by atoms with Crippen LogP contribution in [0.4, 0.5) is 0 Å². The fourth-order valence-electron chi connectivity index (χ4n) is 3.84. The van der Waals surface area contributed by atoms with E-state index in [4.69, 9.17) is 23.2 Å². The topological polar surface area (TPSA) is 0 Å². The lowest BCUT2D eigenvalue weighted by Gasteiger charge is -2.16. The van der Waals surface area contributed by atoms with Crippen molar-refractivity contribution >= 4 is 44.7 Å². The quantitative estimate of drug-likeness (QED) is 0.256. The molecule has 28 heavy (non-hydrogen) atoms. The fraction of sp³-hybridized carbons (Fsp3) is 0.462. The molecule has 0 aliphatic rings. The van der Waals surface area contributed by atoms with E-state index >= 15 is 0 Å². The first-order valence-electron chi connectivity index (χ1n) is 10.6. The van der Waals surface area contributed by atoms with Gasteiger partial charge >= 0.3 is 0 Å². The predicted octanol–water partition coefficient (Wildman–Crippen LogP) is 8.39. The lowest BCUT2D eigenvalue weighted by molar-refractivity contribution is 0.524. The number of fused-ring (bicyclic) bond motifs is 2. The van der Waals surface area contributed by atoms with E-state index in [1.54, 1.807) is 0 Å². The second-order valence-corrected chi connectivity index (χ2v) is 9.89. The Bertz CT molecular complexity index is 849. The highest BCUT2D eigenvalue weighted by Crippen LogP contribution is 2.30. The van der Waals surface area contributed by atoms with Crippen molar-refractivity contribution in [1.29, 1.82) is 0 Å². The molecule has 0 nitrogen and oxygen atoms in total. The van der Waals surface area contributed by atoms with Crippen LogP contribution in [0.3, 0.4) is 0 Å². The number of hydrogen-bond acceptors (Lipinski definition) is 0. The van der Waals surface area contributed by atoms with Crippen LogP contribution in [-0.2, 0) is 12.8 Å². The molecular formula is C26H32Cl2. The van der Waals surface area contributed by atoms with E-state index in [9.17, 15) is 0 Å². The van der Waals surface area contributed by atoms with Gasteiger partial charge in [-0.05, 0) is 96.2 Å². The first kappa shape index (κ1) is 21.5. The van der Waals surface area contributed by atoms with Crippen LogP contribution < -0.4 is 0 Å². The molecule has 150 valence electrons. The average Bonchev–Trinajstić information content (AvgIpc) is 2.68. The van der Waals surface area contributed by atoms with Gasteiger partial charge in [0.1, 0.15) is 0 Å². The Morgan fingerprint density at radius 2 is 1.04 bits per heavy atom. The van der Waals surface area contributed by atoms with Gasteiger partial charge in [-0.1, -0.05) is 50.2 Å². The maximum absolute atomic E-state index is 6.27. The Hall–Kier alpha value is -1.24. The third kappa shape index (κ3) is 5.02. The van der Waals surface area contributed by atoms with Crippen molar-refractivity contribution in [3.63, 3.8) is 0 Å². The normalized spacial score (nSPS) is 16.2. The van der Waals surface area contributed by atoms with Crippen LogP contribution in [0.5, 0.6) is 0 Å². The zero-order valence-corrected chi connectivity index (χ0v) is 19.0. The van der Waals surface area contributed by atoms with Gasteiger partial charge in [0.05, 0.1) is 0 Å². The molecule has 4 atom stereocenters. The van der Waals surface area contributed by atoms with E-state index in [0.29, 0.717) is 11.8 Å². The molecule has 2 heteroatoms. The molecule has 3 aromatic carbocycles. The SMILES string of the molecule is CC(Cl)C(C)CCc1cccc2cc3c(CCC(C)C(C)Cl)cccc3cc12. The van der Waals surface area contributed by atoms with Crippen molar-refractivity contribution in [2.75, 3.05) is 0 Å². The molecule has 0 amide bonds. The Kier molecular flexibility index (Phi) is 7.29. The van der Waals surface area contributed by atoms with Crippen LogP contribution >= 0.6 is 23.2 Å². The Morgan fingerprint density at radius 1 is 0.643 bits per heavy atom. The monoisotopic (exact) mass is 414 g/mol. The second kappa shape index (κ2) is 9.51. The minimum atomic E-state index is 0.219. The lowest BCUT2D eigenvalue weighted by Crippen LogP contribution is -2.08. The summed E-state index contributed by atoms with van der Waals surface area (Å²) in [7, 11) is 0. The molecule has 0 bridgehead atoms. The standard InChI is InChI=1S/C26H32Cl2/c1-17(19(3)27)11-13-21-7-5-9-23-16-26-22(14-12-18(2)20(4)28)8-6-10-24(26)15-25(21)23/h5-10,15-20H,11-14H2,1-4H3. The van der Waals surface area contributed by atoms with E-state index in [1.807, 2.05) is 0 Å². The molecule has 0 aromatic heterocycles. The van der Waals surface area contributed by atoms with Crippen molar-refractivity contribution in [2.24, 2.45) is 11.8 Å². The zero-order valence-electron chi connectivity index (χ0n) is 17.5. The van der Waals surface area contributed by atoms with Gasteiger partial charge < -0.3 is 0 Å². The number of hydrogen-bond donors (Lipinski definition) is 0. The van der Waals surface area contributed by atoms with E-state index in [2.05, 4.69) is 76.2 Å². The maximum Gasteiger partial charge on any atom is 0.0333 e. The second-order valence-electron chi connectivity index (χ2n) is 8.52. The van der Waals surface area contributed by atoms with Crippen molar-refractivity contribution in [3.8, 4) is 0 Å². The number of alkyl halides is 2. The molecule has 0 radical (unpaired) electrons. The Morgan fingerprint density at radius 3 is 1.39 bits per heavy atom. The van der Waals surface area contributed by atoms with Crippen LogP contribution in [0, 0.1) is 11.8 Å². The summed E-state index contributed by atoms with van der Waals surface area (Å²) in [5.41, 5.74) is 2.86. The number of halogens is 2. The van der Waals surface area contributed by atoms with Gasteiger partial charge in [-0.15, -0.1) is 23.2 Å². The minimum Gasteiger partial charge on any atom is -0.123 e. The van der Waals surface area contributed by atoms with Gasteiger partial charge in [-0.3, -0.25) is 0 Å². The summed E-state index contributed by atoms with van der Waals surface area (Å²) in [6.07, 6.45) is 4.39. The van der Waals surface area contributed by atoms with Crippen LogP contribution in [0.15, 0.2) is 48.5 Å². The summed E-state index contributed by atoms with van der Waals surface area (Å²) in [4.78, 5) is 0.